The Morgan fingerprint density at radius 1 is 1.26 bits per heavy atom. The van der Waals surface area contributed by atoms with E-state index in [0.717, 1.165) is 0 Å². The number of rotatable bonds is 9. The first-order valence-corrected chi connectivity index (χ1v) is 7.41. The van der Waals surface area contributed by atoms with Gasteiger partial charge in [0.1, 0.15) is 13.2 Å². The van der Waals surface area contributed by atoms with E-state index < -0.39 is 13.8 Å². The zero-order chi connectivity index (χ0) is 15.1. The van der Waals surface area contributed by atoms with E-state index in [-0.39, 0.29) is 13.2 Å². The number of esters is 1. The Labute approximate surface area is 113 Å². The molecule has 0 spiro atoms. The van der Waals surface area contributed by atoms with Gasteiger partial charge < -0.3 is 19.0 Å². The minimum atomic E-state index is -4.38. The van der Waals surface area contributed by atoms with Crippen molar-refractivity contribution in [3.63, 3.8) is 0 Å². The number of quaternary nitrogens is 1. The molecule has 8 heteroatoms. The molecule has 0 fully saturated rings. The van der Waals surface area contributed by atoms with Crippen molar-refractivity contribution in [1.82, 2.24) is 0 Å². The van der Waals surface area contributed by atoms with Crippen LogP contribution in [0, 0.1) is 0 Å². The zero-order valence-corrected chi connectivity index (χ0v) is 12.6. The molecule has 0 aromatic rings. The van der Waals surface area contributed by atoms with Gasteiger partial charge in [0.25, 0.3) is 0 Å². The zero-order valence-electron chi connectivity index (χ0n) is 11.7. The maximum Gasteiger partial charge on any atom is 0.469 e. The number of ether oxygens (including phenoxy) is 1. The van der Waals surface area contributed by atoms with Crippen molar-refractivity contribution < 1.29 is 32.9 Å². The van der Waals surface area contributed by atoms with Crippen LogP contribution in [0.2, 0.25) is 0 Å². The molecule has 0 aliphatic carbocycles. The number of phosphoric acid groups is 1. The molecule has 0 radical (unpaired) electrons. The Balaban J connectivity index is 3.83. The maximum atomic E-state index is 11.2. The highest BCUT2D eigenvalue weighted by atomic mass is 31.2. The molecule has 2 N–H and O–H groups in total. The molecule has 0 unspecified atom stereocenters. The van der Waals surface area contributed by atoms with E-state index in [4.69, 9.17) is 14.5 Å². The largest absolute Gasteiger partial charge is 0.469 e. The minimum Gasteiger partial charge on any atom is -0.456 e. The van der Waals surface area contributed by atoms with Gasteiger partial charge in [-0.3, -0.25) is 4.52 Å². The molecular weight excluding hydrogens is 273 g/mol. The lowest BCUT2D eigenvalue weighted by molar-refractivity contribution is -0.890. The summed E-state index contributed by atoms with van der Waals surface area (Å²) >= 11 is 0. The third kappa shape index (κ3) is 10.9. The lowest BCUT2D eigenvalue weighted by Gasteiger charge is -2.29. The van der Waals surface area contributed by atoms with Gasteiger partial charge in [0.15, 0.2) is 0 Å². The van der Waals surface area contributed by atoms with Gasteiger partial charge in [-0.15, -0.1) is 0 Å². The van der Waals surface area contributed by atoms with E-state index in [9.17, 15) is 9.36 Å². The van der Waals surface area contributed by atoms with Crippen LogP contribution in [0.4, 0.5) is 0 Å². The van der Waals surface area contributed by atoms with Crippen LogP contribution in [0.5, 0.6) is 0 Å². The lowest BCUT2D eigenvalue weighted by atomic mass is 10.3. The summed E-state index contributed by atoms with van der Waals surface area (Å²) in [7, 11) is -0.506. The number of likely N-dealkylation sites (N-methyl/N-ethyl adjacent to an activating group) is 1. The standard InChI is InChI=1S/C11H22NO6P/c1-10(2)11(13)17-9-7-12(3,4)6-5-8-18-19(14,15)16/h1,5-9H2,2-4H3,(H-,14,15,16)/p+1. The summed E-state index contributed by atoms with van der Waals surface area (Å²) in [5.41, 5.74) is 0.361. The molecule has 0 aromatic carbocycles. The normalized spacial score (nSPS) is 12.3. The highest BCUT2D eigenvalue weighted by Crippen LogP contribution is 2.35. The van der Waals surface area contributed by atoms with Crippen LogP contribution in [0.15, 0.2) is 12.2 Å². The smallest absolute Gasteiger partial charge is 0.456 e. The third-order valence-electron chi connectivity index (χ3n) is 2.45. The number of hydrogen-bond acceptors (Lipinski definition) is 4. The average Bonchev–Trinajstić information content (AvgIpc) is 2.22. The molecule has 0 saturated heterocycles. The Morgan fingerprint density at radius 2 is 1.84 bits per heavy atom. The maximum absolute atomic E-state index is 11.2. The SMILES string of the molecule is C=C(C)C(=O)OCC[N+](C)(C)CCCOP(=O)(O)O. The predicted octanol–water partition coefficient (Wildman–Crippen LogP) is 0.681. The van der Waals surface area contributed by atoms with E-state index in [1.807, 2.05) is 14.1 Å². The van der Waals surface area contributed by atoms with Crippen LogP contribution in [-0.4, -0.2) is 60.6 Å². The number of carbonyl (C=O) groups excluding carboxylic acids is 1. The number of nitrogens with zero attached hydrogens (tertiary/aromatic N) is 1. The van der Waals surface area contributed by atoms with Crippen molar-refractivity contribution in [3.8, 4) is 0 Å². The van der Waals surface area contributed by atoms with Crippen molar-refractivity contribution in [2.45, 2.75) is 13.3 Å². The molecule has 0 heterocycles. The summed E-state index contributed by atoms with van der Waals surface area (Å²) in [6, 6.07) is 0. The van der Waals surface area contributed by atoms with Gasteiger partial charge in [-0.25, -0.2) is 9.36 Å². The second kappa shape index (κ2) is 7.77. The van der Waals surface area contributed by atoms with Crippen molar-refractivity contribution in [1.29, 1.82) is 0 Å². The molecule has 19 heavy (non-hydrogen) atoms. The number of carbonyl (C=O) groups is 1. The predicted molar refractivity (Wildman–Crippen MR) is 70.2 cm³/mol. The fraction of sp³-hybridized carbons (Fsp3) is 0.727. The van der Waals surface area contributed by atoms with Crippen LogP contribution < -0.4 is 0 Å². The Hall–Kier alpha value is -0.720. The monoisotopic (exact) mass is 296 g/mol. The molecule has 0 aromatic heterocycles. The Kier molecular flexibility index (Phi) is 7.47. The molecule has 0 saturated carbocycles. The first-order chi connectivity index (χ1) is 8.53. The highest BCUT2D eigenvalue weighted by molar-refractivity contribution is 7.46. The van der Waals surface area contributed by atoms with Crippen LogP contribution >= 0.6 is 7.82 Å². The van der Waals surface area contributed by atoms with Crippen LogP contribution in [0.1, 0.15) is 13.3 Å². The van der Waals surface area contributed by atoms with E-state index in [1.54, 1.807) is 6.92 Å². The minimum absolute atomic E-state index is 0.00247. The lowest BCUT2D eigenvalue weighted by Crippen LogP contribution is -2.43. The number of phosphoric ester groups is 1. The fourth-order valence-electron chi connectivity index (χ4n) is 1.30. The first kappa shape index (κ1) is 18.3. The van der Waals surface area contributed by atoms with Crippen molar-refractivity contribution in [3.05, 3.63) is 12.2 Å². The summed E-state index contributed by atoms with van der Waals surface area (Å²) < 4.78 is 20.4. The Morgan fingerprint density at radius 3 is 2.32 bits per heavy atom. The van der Waals surface area contributed by atoms with Crippen LogP contribution in [0.25, 0.3) is 0 Å². The van der Waals surface area contributed by atoms with E-state index in [0.29, 0.717) is 29.6 Å². The second-order valence-corrected chi connectivity index (χ2v) is 6.22. The van der Waals surface area contributed by atoms with Gasteiger partial charge in [-0.1, -0.05) is 6.58 Å². The van der Waals surface area contributed by atoms with Crippen LogP contribution in [0.3, 0.4) is 0 Å². The summed E-state index contributed by atoms with van der Waals surface area (Å²) in [5, 5.41) is 0. The second-order valence-electron chi connectivity index (χ2n) is 4.98. The summed E-state index contributed by atoms with van der Waals surface area (Å²) in [4.78, 5) is 28.2. The molecule has 0 amide bonds. The van der Waals surface area contributed by atoms with E-state index in [2.05, 4.69) is 11.1 Å². The van der Waals surface area contributed by atoms with Crippen molar-refractivity contribution in [2.75, 3.05) is 40.4 Å². The quantitative estimate of drug-likeness (QED) is 0.214. The highest BCUT2D eigenvalue weighted by Gasteiger charge is 2.18. The molecule has 0 rings (SSSR count). The van der Waals surface area contributed by atoms with Gasteiger partial charge in [0.2, 0.25) is 0 Å². The van der Waals surface area contributed by atoms with Gasteiger partial charge in [-0.05, 0) is 6.92 Å². The summed E-state index contributed by atoms with van der Waals surface area (Å²) in [5.74, 6) is -0.412. The first-order valence-electron chi connectivity index (χ1n) is 5.88. The third-order valence-corrected chi connectivity index (χ3v) is 2.96. The molecule has 0 aliphatic rings. The molecule has 0 bridgehead atoms. The van der Waals surface area contributed by atoms with E-state index in [1.165, 1.54) is 0 Å². The summed E-state index contributed by atoms with van der Waals surface area (Å²) in [6.45, 7) is 6.61. The van der Waals surface area contributed by atoms with Crippen molar-refractivity contribution >= 4 is 13.8 Å². The van der Waals surface area contributed by atoms with Gasteiger partial charge in [-0.2, -0.15) is 0 Å². The fourth-order valence-corrected chi connectivity index (χ4v) is 1.66. The molecule has 0 atom stereocenters. The Bertz CT molecular complexity index is 362. The molecule has 0 aliphatic heterocycles. The van der Waals surface area contributed by atoms with Crippen LogP contribution in [-0.2, 0) is 18.6 Å². The molecular formula is C11H23NO6P+. The van der Waals surface area contributed by atoms with Gasteiger partial charge >= 0.3 is 13.8 Å². The van der Waals surface area contributed by atoms with Gasteiger partial charge in [0, 0.05) is 12.0 Å². The summed E-state index contributed by atoms with van der Waals surface area (Å²) in [6.07, 6.45) is 0.506. The average molecular weight is 296 g/mol. The van der Waals surface area contributed by atoms with Gasteiger partial charge in [0.05, 0.1) is 27.2 Å². The van der Waals surface area contributed by atoms with E-state index >= 15 is 0 Å². The molecule has 112 valence electrons. The topological polar surface area (TPSA) is 93.1 Å². The number of hydrogen-bond donors (Lipinski definition) is 2. The van der Waals surface area contributed by atoms with Crippen molar-refractivity contribution in [2.24, 2.45) is 0 Å². The molecule has 7 nitrogen and oxygen atoms in total.